The van der Waals surface area contributed by atoms with Gasteiger partial charge in [-0.1, -0.05) is 38.3 Å². The molecule has 2 atom stereocenters. The standard InChI is InChI=1S/C32H45NO5/c1-3-4-5-8-21-37-31-17-13-27(14-18-31)32(36)28(24-33-19-6-7-20-33)23-29(35)10-9-22-38-30-15-11-26(12-16-30)25(2)34/h11-18,28,32,36H,3-10,19-24H2,1-2H3/t28-,32-/m1/s1. The highest BCUT2D eigenvalue weighted by Gasteiger charge is 2.27. The van der Waals surface area contributed by atoms with Gasteiger partial charge >= 0.3 is 0 Å². The normalized spacial score (nSPS) is 15.2. The predicted octanol–water partition coefficient (Wildman–Crippen LogP) is 6.41. The number of ether oxygens (including phenoxy) is 2. The summed E-state index contributed by atoms with van der Waals surface area (Å²) in [4.78, 5) is 26.7. The smallest absolute Gasteiger partial charge is 0.159 e. The first-order chi connectivity index (χ1) is 18.5. The number of aliphatic hydroxyl groups is 1. The number of carbonyl (C=O) groups is 2. The lowest BCUT2D eigenvalue weighted by Gasteiger charge is -2.27. The Morgan fingerprint density at radius 1 is 0.868 bits per heavy atom. The SMILES string of the molecule is CCCCCCOc1ccc([C@@H](O)[C@H](CC(=O)CCCOc2ccc(C(C)=O)cc2)CN2CCCC2)cc1. The van der Waals surface area contributed by atoms with E-state index < -0.39 is 6.10 Å². The number of hydrogen-bond acceptors (Lipinski definition) is 6. The van der Waals surface area contributed by atoms with E-state index in [1.165, 1.54) is 39.0 Å². The highest BCUT2D eigenvalue weighted by molar-refractivity contribution is 5.94. The van der Waals surface area contributed by atoms with Crippen LogP contribution >= 0.6 is 0 Å². The Morgan fingerprint density at radius 2 is 1.47 bits per heavy atom. The van der Waals surface area contributed by atoms with Crippen molar-refractivity contribution in [2.45, 2.75) is 77.7 Å². The zero-order valence-electron chi connectivity index (χ0n) is 23.2. The van der Waals surface area contributed by atoms with E-state index in [1.54, 1.807) is 24.3 Å². The van der Waals surface area contributed by atoms with Gasteiger partial charge in [0, 0.05) is 30.9 Å². The van der Waals surface area contributed by atoms with Crippen molar-refractivity contribution < 1.29 is 24.2 Å². The highest BCUT2D eigenvalue weighted by atomic mass is 16.5. The molecule has 1 aliphatic heterocycles. The lowest BCUT2D eigenvalue weighted by molar-refractivity contribution is -0.121. The van der Waals surface area contributed by atoms with Crippen LogP contribution < -0.4 is 9.47 Å². The monoisotopic (exact) mass is 523 g/mol. The van der Waals surface area contributed by atoms with Crippen LogP contribution in [0.15, 0.2) is 48.5 Å². The number of ketones is 2. The fourth-order valence-electron chi connectivity index (χ4n) is 4.96. The van der Waals surface area contributed by atoms with E-state index in [4.69, 9.17) is 9.47 Å². The van der Waals surface area contributed by atoms with Gasteiger partial charge in [0.1, 0.15) is 17.3 Å². The Bertz CT molecular complexity index is 966. The number of aliphatic hydroxyl groups excluding tert-OH is 1. The van der Waals surface area contributed by atoms with Crippen LogP contribution in [0.4, 0.5) is 0 Å². The molecule has 6 heteroatoms. The molecule has 0 radical (unpaired) electrons. The molecule has 0 aromatic heterocycles. The molecule has 1 aliphatic rings. The summed E-state index contributed by atoms with van der Waals surface area (Å²) < 4.78 is 11.6. The van der Waals surface area contributed by atoms with Crippen LogP contribution in [-0.2, 0) is 4.79 Å². The van der Waals surface area contributed by atoms with Crippen LogP contribution in [0.2, 0.25) is 0 Å². The molecule has 0 saturated carbocycles. The number of unbranched alkanes of at least 4 members (excludes halogenated alkanes) is 3. The fraction of sp³-hybridized carbons (Fsp3) is 0.562. The molecule has 0 bridgehead atoms. The van der Waals surface area contributed by atoms with Crippen molar-refractivity contribution in [3.63, 3.8) is 0 Å². The van der Waals surface area contributed by atoms with E-state index in [9.17, 15) is 14.7 Å². The quantitative estimate of drug-likeness (QED) is 0.180. The molecule has 0 aliphatic carbocycles. The Hall–Kier alpha value is -2.70. The zero-order chi connectivity index (χ0) is 27.2. The lowest BCUT2D eigenvalue weighted by Crippen LogP contribution is -2.31. The Balaban J connectivity index is 1.48. The molecule has 0 unspecified atom stereocenters. The molecule has 1 N–H and O–H groups in total. The molecule has 208 valence electrons. The van der Waals surface area contributed by atoms with Gasteiger partial charge in [-0.2, -0.15) is 0 Å². The van der Waals surface area contributed by atoms with Crippen molar-refractivity contribution in [1.29, 1.82) is 0 Å². The maximum absolute atomic E-state index is 12.9. The molecule has 2 aromatic carbocycles. The van der Waals surface area contributed by atoms with Crippen LogP contribution in [0.25, 0.3) is 0 Å². The molecule has 1 saturated heterocycles. The minimum Gasteiger partial charge on any atom is -0.494 e. The first kappa shape index (κ1) is 29.9. The average Bonchev–Trinajstić information content (AvgIpc) is 3.44. The zero-order valence-corrected chi connectivity index (χ0v) is 23.2. The van der Waals surface area contributed by atoms with E-state index in [0.29, 0.717) is 43.8 Å². The summed E-state index contributed by atoms with van der Waals surface area (Å²) in [5, 5.41) is 11.3. The van der Waals surface area contributed by atoms with Crippen molar-refractivity contribution >= 4 is 11.6 Å². The van der Waals surface area contributed by atoms with Crippen LogP contribution in [0, 0.1) is 5.92 Å². The van der Waals surface area contributed by atoms with Crippen molar-refractivity contribution in [3.05, 3.63) is 59.7 Å². The number of likely N-dealkylation sites (tertiary alicyclic amines) is 1. The van der Waals surface area contributed by atoms with E-state index in [0.717, 1.165) is 37.4 Å². The first-order valence-electron chi connectivity index (χ1n) is 14.3. The summed E-state index contributed by atoms with van der Waals surface area (Å²) in [6, 6.07) is 14.8. The van der Waals surface area contributed by atoms with Crippen molar-refractivity contribution in [2.24, 2.45) is 5.92 Å². The summed E-state index contributed by atoms with van der Waals surface area (Å²) in [6.45, 7) is 7.66. The van der Waals surface area contributed by atoms with Crippen LogP contribution in [0.1, 0.15) is 93.7 Å². The number of hydrogen-bond donors (Lipinski definition) is 1. The molecule has 1 heterocycles. The maximum Gasteiger partial charge on any atom is 0.159 e. The summed E-state index contributed by atoms with van der Waals surface area (Å²) in [7, 11) is 0. The van der Waals surface area contributed by atoms with Crippen LogP contribution in [0.5, 0.6) is 11.5 Å². The van der Waals surface area contributed by atoms with Gasteiger partial charge in [-0.05, 0) is 87.7 Å². The number of nitrogens with zero attached hydrogens (tertiary/aromatic N) is 1. The summed E-state index contributed by atoms with van der Waals surface area (Å²) in [5.41, 5.74) is 1.48. The number of rotatable bonds is 18. The van der Waals surface area contributed by atoms with Gasteiger partial charge in [-0.15, -0.1) is 0 Å². The van der Waals surface area contributed by atoms with Gasteiger partial charge in [-0.3, -0.25) is 9.59 Å². The topological polar surface area (TPSA) is 76.1 Å². The summed E-state index contributed by atoms with van der Waals surface area (Å²) in [6.07, 6.45) is 7.69. The second-order valence-corrected chi connectivity index (χ2v) is 10.5. The van der Waals surface area contributed by atoms with Crippen LogP contribution in [0.3, 0.4) is 0 Å². The second kappa shape index (κ2) is 16.3. The second-order valence-electron chi connectivity index (χ2n) is 10.5. The fourth-order valence-corrected chi connectivity index (χ4v) is 4.96. The van der Waals surface area contributed by atoms with E-state index >= 15 is 0 Å². The molecule has 2 aromatic rings. The van der Waals surface area contributed by atoms with E-state index in [2.05, 4.69) is 11.8 Å². The van der Waals surface area contributed by atoms with Crippen molar-refractivity contribution in [2.75, 3.05) is 32.8 Å². The van der Waals surface area contributed by atoms with E-state index in [-0.39, 0.29) is 17.5 Å². The average molecular weight is 524 g/mol. The van der Waals surface area contributed by atoms with Crippen LogP contribution in [-0.4, -0.2) is 54.4 Å². The Labute approximate surface area is 228 Å². The minimum absolute atomic E-state index is 0.0231. The molecular weight excluding hydrogens is 478 g/mol. The molecular formula is C32H45NO5. The highest BCUT2D eigenvalue weighted by Crippen LogP contribution is 2.29. The maximum atomic E-state index is 12.9. The van der Waals surface area contributed by atoms with E-state index in [1.807, 2.05) is 24.3 Å². The van der Waals surface area contributed by atoms with Gasteiger partial charge in [0.15, 0.2) is 5.78 Å². The molecule has 38 heavy (non-hydrogen) atoms. The van der Waals surface area contributed by atoms with Gasteiger partial charge in [-0.25, -0.2) is 0 Å². The third-order valence-electron chi connectivity index (χ3n) is 7.25. The molecule has 0 spiro atoms. The predicted molar refractivity (Wildman–Crippen MR) is 151 cm³/mol. The molecule has 6 nitrogen and oxygen atoms in total. The Morgan fingerprint density at radius 3 is 2.08 bits per heavy atom. The molecule has 0 amide bonds. The first-order valence-corrected chi connectivity index (χ1v) is 14.3. The number of Topliss-reactive ketones (excluding diaryl/α,β-unsaturated/α-hetero) is 2. The van der Waals surface area contributed by atoms with Crippen molar-refractivity contribution in [1.82, 2.24) is 4.90 Å². The number of benzene rings is 2. The summed E-state index contributed by atoms with van der Waals surface area (Å²) >= 11 is 0. The third-order valence-corrected chi connectivity index (χ3v) is 7.25. The van der Waals surface area contributed by atoms with Gasteiger partial charge in [0.2, 0.25) is 0 Å². The lowest BCUT2D eigenvalue weighted by atomic mass is 9.89. The minimum atomic E-state index is -0.700. The summed E-state index contributed by atoms with van der Waals surface area (Å²) in [5.74, 6) is 1.53. The van der Waals surface area contributed by atoms with Gasteiger partial charge in [0.25, 0.3) is 0 Å². The van der Waals surface area contributed by atoms with Crippen molar-refractivity contribution in [3.8, 4) is 11.5 Å². The van der Waals surface area contributed by atoms with Gasteiger partial charge in [0.05, 0.1) is 19.3 Å². The Kier molecular flexibility index (Phi) is 12.8. The molecule has 3 rings (SSSR count). The third kappa shape index (κ3) is 10.2. The molecule has 1 fully saturated rings. The number of carbonyl (C=O) groups excluding carboxylic acids is 2. The van der Waals surface area contributed by atoms with Gasteiger partial charge < -0.3 is 19.5 Å². The largest absolute Gasteiger partial charge is 0.494 e.